The number of imidazole rings is 1. The molecule has 0 saturated heterocycles. The molecule has 1 amide bonds. The van der Waals surface area contributed by atoms with Gasteiger partial charge in [0, 0.05) is 18.1 Å². The maximum absolute atomic E-state index is 11.9. The number of nitrogens with zero attached hydrogens (tertiary/aromatic N) is 4. The van der Waals surface area contributed by atoms with Crippen molar-refractivity contribution in [3.63, 3.8) is 0 Å². The Morgan fingerprint density at radius 2 is 1.80 bits per heavy atom. The van der Waals surface area contributed by atoms with E-state index >= 15 is 0 Å². The molecule has 0 bridgehead atoms. The molecule has 4 aromatic rings. The van der Waals surface area contributed by atoms with E-state index in [2.05, 4.69) is 16.9 Å². The van der Waals surface area contributed by atoms with Crippen molar-refractivity contribution >= 4 is 22.9 Å². The van der Waals surface area contributed by atoms with Crippen LogP contribution < -0.4 is 11.5 Å². The maximum atomic E-state index is 11.9. The molecule has 7 nitrogen and oxygen atoms in total. The Hall–Kier alpha value is -3.74. The minimum absolute atomic E-state index is 0.287. The molecule has 0 spiro atoms. The molecular formula is C23H24N6O. The monoisotopic (exact) mass is 400 g/mol. The molecule has 0 saturated carbocycles. The number of pyridine rings is 2. The molecule has 7 heteroatoms. The molecule has 0 aliphatic heterocycles. The maximum Gasteiger partial charge on any atom is 0.224 e. The number of amides is 1. The summed E-state index contributed by atoms with van der Waals surface area (Å²) in [4.78, 5) is 25.4. The van der Waals surface area contributed by atoms with Gasteiger partial charge in [0.2, 0.25) is 5.91 Å². The van der Waals surface area contributed by atoms with Crippen molar-refractivity contribution in [3.8, 4) is 17.1 Å². The SMILES string of the molecule is CCCCC(C(N)=O)c1ccc(-n2c(-c3cccnc3N)nc3cccnc32)cc1. The average Bonchev–Trinajstić information content (AvgIpc) is 3.14. The third-order valence-electron chi connectivity index (χ3n) is 5.24. The first kappa shape index (κ1) is 19.6. The number of carbonyl (C=O) groups excluding carboxylic acids is 1. The molecule has 0 fully saturated rings. The number of carbonyl (C=O) groups is 1. The Morgan fingerprint density at radius 3 is 2.50 bits per heavy atom. The van der Waals surface area contributed by atoms with Crippen LogP contribution in [-0.2, 0) is 4.79 Å². The van der Waals surface area contributed by atoms with Gasteiger partial charge in [0.05, 0.1) is 11.5 Å². The summed E-state index contributed by atoms with van der Waals surface area (Å²) in [5, 5.41) is 0. The standard InChI is InChI=1S/C23H24N6O/c1-2-3-6-17(21(25)30)15-9-11-16(12-10-15)29-22(18-7-4-13-26-20(18)24)28-19-8-5-14-27-23(19)29/h4-5,7-14,17H,2-3,6H2,1H3,(H2,24,26)(H2,25,30). The fraction of sp³-hybridized carbons (Fsp3) is 0.217. The lowest BCUT2D eigenvalue weighted by Crippen LogP contribution is -2.21. The summed E-state index contributed by atoms with van der Waals surface area (Å²) in [6.45, 7) is 2.10. The van der Waals surface area contributed by atoms with E-state index in [1.54, 1.807) is 12.4 Å². The van der Waals surface area contributed by atoms with Gasteiger partial charge in [-0.15, -0.1) is 0 Å². The number of aromatic nitrogens is 4. The van der Waals surface area contributed by atoms with Crippen molar-refractivity contribution in [2.75, 3.05) is 5.73 Å². The number of primary amides is 1. The van der Waals surface area contributed by atoms with Crippen LogP contribution in [0, 0.1) is 0 Å². The fourth-order valence-electron chi connectivity index (χ4n) is 3.68. The van der Waals surface area contributed by atoms with Crippen LogP contribution in [0.3, 0.4) is 0 Å². The van der Waals surface area contributed by atoms with Gasteiger partial charge >= 0.3 is 0 Å². The molecule has 152 valence electrons. The number of nitrogen functional groups attached to an aromatic ring is 1. The Bertz CT molecular complexity index is 1180. The highest BCUT2D eigenvalue weighted by molar-refractivity contribution is 5.83. The summed E-state index contributed by atoms with van der Waals surface area (Å²) >= 11 is 0. The largest absolute Gasteiger partial charge is 0.383 e. The fourth-order valence-corrected chi connectivity index (χ4v) is 3.68. The Balaban J connectivity index is 1.82. The summed E-state index contributed by atoms with van der Waals surface area (Å²) in [6, 6.07) is 15.3. The number of hydrogen-bond acceptors (Lipinski definition) is 5. The predicted octanol–water partition coefficient (Wildman–Crippen LogP) is 3.82. The van der Waals surface area contributed by atoms with Crippen molar-refractivity contribution in [2.24, 2.45) is 5.73 Å². The summed E-state index contributed by atoms with van der Waals surface area (Å²) in [7, 11) is 0. The van der Waals surface area contributed by atoms with E-state index in [0.29, 0.717) is 11.6 Å². The van der Waals surface area contributed by atoms with Gasteiger partial charge in [-0.1, -0.05) is 31.9 Å². The highest BCUT2D eigenvalue weighted by Crippen LogP contribution is 2.31. The highest BCUT2D eigenvalue weighted by atomic mass is 16.1. The number of rotatable bonds is 7. The molecule has 3 aromatic heterocycles. The zero-order chi connectivity index (χ0) is 21.1. The van der Waals surface area contributed by atoms with Gasteiger partial charge in [-0.25, -0.2) is 15.0 Å². The van der Waals surface area contributed by atoms with Gasteiger partial charge < -0.3 is 11.5 Å². The summed E-state index contributed by atoms with van der Waals surface area (Å²) in [5.74, 6) is 0.485. The number of fused-ring (bicyclic) bond motifs is 1. The Morgan fingerprint density at radius 1 is 1.07 bits per heavy atom. The van der Waals surface area contributed by atoms with Crippen molar-refractivity contribution in [1.29, 1.82) is 0 Å². The van der Waals surface area contributed by atoms with Gasteiger partial charge in [0.15, 0.2) is 11.5 Å². The van der Waals surface area contributed by atoms with E-state index in [0.717, 1.165) is 47.2 Å². The van der Waals surface area contributed by atoms with Crippen molar-refractivity contribution < 1.29 is 4.79 Å². The van der Waals surface area contributed by atoms with Crippen LogP contribution in [0.2, 0.25) is 0 Å². The highest BCUT2D eigenvalue weighted by Gasteiger charge is 2.20. The predicted molar refractivity (Wildman–Crippen MR) is 118 cm³/mol. The minimum Gasteiger partial charge on any atom is -0.383 e. The molecule has 30 heavy (non-hydrogen) atoms. The second-order valence-corrected chi connectivity index (χ2v) is 7.24. The second-order valence-electron chi connectivity index (χ2n) is 7.24. The van der Waals surface area contributed by atoms with E-state index in [1.165, 1.54) is 0 Å². The number of anilines is 1. The van der Waals surface area contributed by atoms with E-state index < -0.39 is 0 Å². The third kappa shape index (κ3) is 3.61. The van der Waals surface area contributed by atoms with Crippen molar-refractivity contribution in [3.05, 3.63) is 66.5 Å². The molecular weight excluding hydrogens is 376 g/mol. The Labute approximate surface area is 174 Å². The van der Waals surface area contributed by atoms with Crippen LogP contribution in [0.5, 0.6) is 0 Å². The lowest BCUT2D eigenvalue weighted by atomic mass is 9.93. The van der Waals surface area contributed by atoms with E-state index in [-0.39, 0.29) is 11.8 Å². The van der Waals surface area contributed by atoms with Gasteiger partial charge in [-0.3, -0.25) is 9.36 Å². The van der Waals surface area contributed by atoms with Crippen LogP contribution in [-0.4, -0.2) is 25.4 Å². The van der Waals surface area contributed by atoms with Crippen LogP contribution in [0.1, 0.15) is 37.7 Å². The van der Waals surface area contributed by atoms with E-state index in [9.17, 15) is 4.79 Å². The molecule has 3 heterocycles. The van der Waals surface area contributed by atoms with Crippen LogP contribution in [0.15, 0.2) is 60.9 Å². The van der Waals surface area contributed by atoms with Gasteiger partial charge in [-0.05, 0) is 48.4 Å². The van der Waals surface area contributed by atoms with E-state index in [1.807, 2.05) is 53.1 Å². The molecule has 0 aliphatic carbocycles. The van der Waals surface area contributed by atoms with Crippen LogP contribution >= 0.6 is 0 Å². The lowest BCUT2D eigenvalue weighted by molar-refractivity contribution is -0.119. The third-order valence-corrected chi connectivity index (χ3v) is 5.24. The smallest absolute Gasteiger partial charge is 0.224 e. The zero-order valence-corrected chi connectivity index (χ0v) is 16.8. The van der Waals surface area contributed by atoms with Gasteiger partial charge in [0.1, 0.15) is 11.3 Å². The first-order chi connectivity index (χ1) is 14.6. The zero-order valence-electron chi connectivity index (χ0n) is 16.8. The molecule has 4 N–H and O–H groups in total. The summed E-state index contributed by atoms with van der Waals surface area (Å²) in [6.07, 6.45) is 6.11. The first-order valence-corrected chi connectivity index (χ1v) is 10.0. The van der Waals surface area contributed by atoms with E-state index in [4.69, 9.17) is 16.5 Å². The quantitative estimate of drug-likeness (QED) is 0.490. The van der Waals surface area contributed by atoms with Gasteiger partial charge in [0.25, 0.3) is 0 Å². The molecule has 4 rings (SSSR count). The number of nitrogens with two attached hydrogens (primary N) is 2. The van der Waals surface area contributed by atoms with Gasteiger partial charge in [-0.2, -0.15) is 0 Å². The van der Waals surface area contributed by atoms with Crippen LogP contribution in [0.4, 0.5) is 5.82 Å². The molecule has 0 aliphatic rings. The first-order valence-electron chi connectivity index (χ1n) is 10.0. The molecule has 1 unspecified atom stereocenters. The number of unbranched alkanes of at least 4 members (excludes halogenated alkanes) is 1. The van der Waals surface area contributed by atoms with Crippen LogP contribution in [0.25, 0.3) is 28.2 Å². The average molecular weight is 400 g/mol. The minimum atomic E-state index is -0.297. The molecule has 1 atom stereocenters. The van der Waals surface area contributed by atoms with Crippen molar-refractivity contribution in [2.45, 2.75) is 32.1 Å². The summed E-state index contributed by atoms with van der Waals surface area (Å²) < 4.78 is 1.96. The Kier molecular flexibility index (Phi) is 5.43. The summed E-state index contributed by atoms with van der Waals surface area (Å²) in [5.41, 5.74) is 15.8. The number of benzene rings is 1. The topological polar surface area (TPSA) is 113 Å². The molecule has 0 radical (unpaired) electrons. The normalized spacial score (nSPS) is 12.2. The number of hydrogen-bond donors (Lipinski definition) is 2. The van der Waals surface area contributed by atoms with Crippen molar-refractivity contribution in [1.82, 2.24) is 19.5 Å². The molecule has 1 aromatic carbocycles. The lowest BCUT2D eigenvalue weighted by Gasteiger charge is -2.15. The second kappa shape index (κ2) is 8.32.